The molecule has 0 aliphatic rings. The van der Waals surface area contributed by atoms with Gasteiger partial charge in [0.25, 0.3) is 10.0 Å². The van der Waals surface area contributed by atoms with Gasteiger partial charge in [-0.1, -0.05) is 60.1 Å². The van der Waals surface area contributed by atoms with Gasteiger partial charge in [-0.15, -0.1) is 0 Å². The number of hydrogen-bond acceptors (Lipinski definition) is 4. The van der Waals surface area contributed by atoms with E-state index in [0.29, 0.717) is 22.7 Å². The van der Waals surface area contributed by atoms with Crippen LogP contribution in [0.25, 0.3) is 0 Å². The number of nitrogens with zero attached hydrogens (tertiary/aromatic N) is 2. The van der Waals surface area contributed by atoms with Crippen LogP contribution in [0.2, 0.25) is 5.02 Å². The molecule has 0 fully saturated rings. The summed E-state index contributed by atoms with van der Waals surface area (Å²) in [5.74, 6) is -0.826. The van der Waals surface area contributed by atoms with E-state index in [4.69, 9.17) is 11.6 Å². The summed E-state index contributed by atoms with van der Waals surface area (Å²) < 4.78 is 28.5. The van der Waals surface area contributed by atoms with E-state index in [-0.39, 0.29) is 17.3 Å². The maximum atomic E-state index is 13.7. The Bertz CT molecular complexity index is 1300. The molecular weight excluding hydrogens is 498 g/mol. The lowest BCUT2D eigenvalue weighted by Gasteiger charge is -2.32. The largest absolute Gasteiger partial charge is 0.357 e. The van der Waals surface area contributed by atoms with Crippen LogP contribution in [-0.2, 0) is 26.0 Å². The molecule has 0 saturated carbocycles. The SMILES string of the molecule is CNC(=O)C(C)N(CCc1ccccc1)C(=O)CN(c1ccc(Cl)cc1C)S(=O)(=O)c1ccccc1. The molecule has 0 heterocycles. The van der Waals surface area contributed by atoms with Crippen molar-refractivity contribution >= 4 is 39.1 Å². The summed E-state index contributed by atoms with van der Waals surface area (Å²) in [6.45, 7) is 3.14. The highest BCUT2D eigenvalue weighted by Crippen LogP contribution is 2.29. The van der Waals surface area contributed by atoms with Crippen LogP contribution in [0.1, 0.15) is 18.1 Å². The molecule has 0 aliphatic carbocycles. The Balaban J connectivity index is 1.99. The summed E-state index contributed by atoms with van der Waals surface area (Å²) >= 11 is 6.11. The van der Waals surface area contributed by atoms with Crippen LogP contribution < -0.4 is 9.62 Å². The molecule has 9 heteroatoms. The molecule has 190 valence electrons. The predicted molar refractivity (Wildman–Crippen MR) is 143 cm³/mol. The zero-order chi connectivity index (χ0) is 26.3. The fourth-order valence-corrected chi connectivity index (χ4v) is 5.64. The van der Waals surface area contributed by atoms with Gasteiger partial charge in [-0.2, -0.15) is 0 Å². The van der Waals surface area contributed by atoms with Gasteiger partial charge in [-0.3, -0.25) is 13.9 Å². The number of benzene rings is 3. The smallest absolute Gasteiger partial charge is 0.264 e. The number of anilines is 1. The van der Waals surface area contributed by atoms with Crippen molar-refractivity contribution < 1.29 is 18.0 Å². The minimum absolute atomic E-state index is 0.0577. The molecule has 0 aromatic heterocycles. The molecule has 0 radical (unpaired) electrons. The summed E-state index contributed by atoms with van der Waals surface area (Å²) in [5.41, 5.74) is 1.94. The number of hydrogen-bond donors (Lipinski definition) is 1. The van der Waals surface area contributed by atoms with Crippen molar-refractivity contribution in [3.05, 3.63) is 95.0 Å². The molecule has 1 unspecified atom stereocenters. The maximum Gasteiger partial charge on any atom is 0.264 e. The Labute approximate surface area is 217 Å². The summed E-state index contributed by atoms with van der Waals surface area (Å²) in [6, 6.07) is 21.6. The maximum absolute atomic E-state index is 13.7. The molecule has 36 heavy (non-hydrogen) atoms. The van der Waals surface area contributed by atoms with Crippen LogP contribution in [0.3, 0.4) is 0 Å². The van der Waals surface area contributed by atoms with E-state index in [0.717, 1.165) is 9.87 Å². The second-order valence-electron chi connectivity index (χ2n) is 8.37. The van der Waals surface area contributed by atoms with E-state index >= 15 is 0 Å². The van der Waals surface area contributed by atoms with Crippen molar-refractivity contribution in [1.29, 1.82) is 0 Å². The highest BCUT2D eigenvalue weighted by atomic mass is 35.5. The summed E-state index contributed by atoms with van der Waals surface area (Å²) in [7, 11) is -2.59. The zero-order valence-electron chi connectivity index (χ0n) is 20.5. The molecule has 0 saturated heterocycles. The van der Waals surface area contributed by atoms with Crippen LogP contribution >= 0.6 is 11.6 Å². The predicted octanol–water partition coefficient (Wildman–Crippen LogP) is 4.05. The van der Waals surface area contributed by atoms with Crippen molar-refractivity contribution in [2.75, 3.05) is 24.4 Å². The molecule has 1 atom stereocenters. The van der Waals surface area contributed by atoms with Crippen LogP contribution in [0, 0.1) is 6.92 Å². The average Bonchev–Trinajstić information content (AvgIpc) is 2.88. The first-order valence-corrected chi connectivity index (χ1v) is 13.4. The Kier molecular flexibility index (Phi) is 9.12. The van der Waals surface area contributed by atoms with Crippen LogP contribution in [0.15, 0.2) is 83.8 Å². The molecule has 0 aliphatic heterocycles. The first kappa shape index (κ1) is 27.2. The lowest BCUT2D eigenvalue weighted by molar-refractivity contribution is -0.138. The fourth-order valence-electron chi connectivity index (χ4n) is 3.91. The number of likely N-dealkylation sites (N-methyl/N-ethyl adjacent to an activating group) is 1. The second-order valence-corrected chi connectivity index (χ2v) is 10.7. The number of halogens is 1. The van der Waals surface area contributed by atoms with E-state index in [1.54, 1.807) is 50.2 Å². The van der Waals surface area contributed by atoms with E-state index in [9.17, 15) is 18.0 Å². The molecular formula is C27H30ClN3O4S. The van der Waals surface area contributed by atoms with Gasteiger partial charge >= 0.3 is 0 Å². The average molecular weight is 528 g/mol. The van der Waals surface area contributed by atoms with Crippen LogP contribution in [0.5, 0.6) is 0 Å². The minimum atomic E-state index is -4.09. The normalized spacial score (nSPS) is 12.0. The monoisotopic (exact) mass is 527 g/mol. The van der Waals surface area contributed by atoms with Gasteiger partial charge < -0.3 is 10.2 Å². The lowest BCUT2D eigenvalue weighted by Crippen LogP contribution is -2.51. The van der Waals surface area contributed by atoms with Gasteiger partial charge in [0.2, 0.25) is 11.8 Å². The van der Waals surface area contributed by atoms with Gasteiger partial charge in [-0.25, -0.2) is 8.42 Å². The highest BCUT2D eigenvalue weighted by Gasteiger charge is 2.32. The Morgan fingerprint density at radius 2 is 1.58 bits per heavy atom. The third kappa shape index (κ3) is 6.44. The van der Waals surface area contributed by atoms with E-state index < -0.39 is 28.5 Å². The molecule has 3 rings (SSSR count). The summed E-state index contributed by atoms with van der Waals surface area (Å²) in [4.78, 5) is 27.6. The number of carbonyl (C=O) groups excluding carboxylic acids is 2. The van der Waals surface area contributed by atoms with Crippen molar-refractivity contribution in [2.24, 2.45) is 0 Å². The van der Waals surface area contributed by atoms with Gasteiger partial charge in [0, 0.05) is 18.6 Å². The Morgan fingerprint density at radius 3 is 2.17 bits per heavy atom. The van der Waals surface area contributed by atoms with Crippen molar-refractivity contribution in [3.8, 4) is 0 Å². The Morgan fingerprint density at radius 1 is 0.972 bits per heavy atom. The number of rotatable bonds is 10. The first-order valence-electron chi connectivity index (χ1n) is 11.5. The van der Waals surface area contributed by atoms with Crippen molar-refractivity contribution in [3.63, 3.8) is 0 Å². The van der Waals surface area contributed by atoms with Gasteiger partial charge in [0.05, 0.1) is 10.6 Å². The summed E-state index contributed by atoms with van der Waals surface area (Å²) in [5, 5.41) is 3.03. The molecule has 7 nitrogen and oxygen atoms in total. The van der Waals surface area contributed by atoms with Crippen LogP contribution in [0.4, 0.5) is 5.69 Å². The summed E-state index contributed by atoms with van der Waals surface area (Å²) in [6.07, 6.45) is 0.513. The van der Waals surface area contributed by atoms with Gasteiger partial charge in [0.15, 0.2) is 0 Å². The number of amides is 2. The molecule has 0 spiro atoms. The topological polar surface area (TPSA) is 86.8 Å². The van der Waals surface area contributed by atoms with Crippen LogP contribution in [-0.4, -0.2) is 51.3 Å². The molecule has 3 aromatic carbocycles. The van der Waals surface area contributed by atoms with Crippen molar-refractivity contribution in [2.45, 2.75) is 31.2 Å². The standard InChI is InChI=1S/C27H30ClN3O4S/c1-20-18-23(28)14-15-25(20)31(36(34,35)24-12-8-5-9-13-24)19-26(32)30(21(2)27(33)29-3)17-16-22-10-6-4-7-11-22/h4-15,18,21H,16-17,19H2,1-3H3,(H,29,33). The van der Waals surface area contributed by atoms with Crippen molar-refractivity contribution in [1.82, 2.24) is 10.2 Å². The highest BCUT2D eigenvalue weighted by molar-refractivity contribution is 7.92. The number of carbonyl (C=O) groups is 2. The minimum Gasteiger partial charge on any atom is -0.357 e. The number of aryl methyl sites for hydroxylation is 1. The second kappa shape index (κ2) is 12.1. The lowest BCUT2D eigenvalue weighted by atomic mass is 10.1. The molecule has 0 bridgehead atoms. The van der Waals surface area contributed by atoms with E-state index in [1.807, 2.05) is 30.3 Å². The van der Waals surface area contributed by atoms with Gasteiger partial charge in [0.1, 0.15) is 12.6 Å². The number of nitrogens with one attached hydrogen (secondary N) is 1. The molecule has 2 amide bonds. The van der Waals surface area contributed by atoms with E-state index in [2.05, 4.69) is 5.32 Å². The first-order chi connectivity index (χ1) is 17.1. The quantitative estimate of drug-likeness (QED) is 0.431. The van der Waals surface area contributed by atoms with E-state index in [1.165, 1.54) is 24.1 Å². The molecule has 3 aromatic rings. The fraction of sp³-hybridized carbons (Fsp3) is 0.259. The van der Waals surface area contributed by atoms with Gasteiger partial charge in [-0.05, 0) is 61.7 Å². The third-order valence-electron chi connectivity index (χ3n) is 5.94. The third-order valence-corrected chi connectivity index (χ3v) is 7.94. The Hall–Kier alpha value is -3.36. The number of sulfonamides is 1. The zero-order valence-corrected chi connectivity index (χ0v) is 22.1. The molecule has 1 N–H and O–H groups in total.